The predicted molar refractivity (Wildman–Crippen MR) is 149 cm³/mol. The maximum absolute atomic E-state index is 6.47. The van der Waals surface area contributed by atoms with E-state index in [0.717, 1.165) is 36.5 Å². The number of benzene rings is 4. The van der Waals surface area contributed by atoms with Crippen molar-refractivity contribution in [1.29, 1.82) is 0 Å². The van der Waals surface area contributed by atoms with Crippen LogP contribution >= 0.6 is 0 Å². The molecule has 37 heavy (non-hydrogen) atoms. The van der Waals surface area contributed by atoms with Gasteiger partial charge >= 0.3 is 0 Å². The van der Waals surface area contributed by atoms with Gasteiger partial charge in [0.2, 0.25) is 5.75 Å². The highest BCUT2D eigenvalue weighted by atomic mass is 16.5. The fourth-order valence-corrected chi connectivity index (χ4v) is 5.50. The van der Waals surface area contributed by atoms with E-state index < -0.39 is 0 Å². The zero-order chi connectivity index (χ0) is 25.6. The maximum atomic E-state index is 6.47. The molecule has 1 saturated heterocycles. The van der Waals surface area contributed by atoms with Crippen molar-refractivity contribution in [3.05, 3.63) is 95.6 Å². The second kappa shape index (κ2) is 11.6. The van der Waals surface area contributed by atoms with Gasteiger partial charge in [-0.3, -0.25) is 4.90 Å². The molecule has 0 bridgehead atoms. The van der Waals surface area contributed by atoms with E-state index in [4.69, 9.17) is 18.9 Å². The molecule has 0 aromatic heterocycles. The highest BCUT2D eigenvalue weighted by Gasteiger charge is 2.28. The molecule has 0 aliphatic carbocycles. The molecule has 0 amide bonds. The van der Waals surface area contributed by atoms with Crippen molar-refractivity contribution in [2.75, 3.05) is 47.6 Å². The summed E-state index contributed by atoms with van der Waals surface area (Å²) in [6, 6.07) is 27.4. The Hall–Kier alpha value is -3.70. The van der Waals surface area contributed by atoms with Gasteiger partial charge in [0.05, 0.1) is 21.3 Å². The predicted octanol–water partition coefficient (Wildman–Crippen LogP) is 6.52. The number of methoxy groups -OCH3 is 3. The molecular weight excluding hydrogens is 462 g/mol. The number of hydrogen-bond donors (Lipinski definition) is 0. The molecule has 1 aliphatic heterocycles. The summed E-state index contributed by atoms with van der Waals surface area (Å²) < 4.78 is 23.8. The summed E-state index contributed by atoms with van der Waals surface area (Å²) in [4.78, 5) is 2.47. The lowest BCUT2D eigenvalue weighted by Crippen LogP contribution is -2.25. The van der Waals surface area contributed by atoms with Crippen LogP contribution < -0.4 is 18.9 Å². The van der Waals surface area contributed by atoms with Crippen molar-refractivity contribution in [3.63, 3.8) is 0 Å². The average Bonchev–Trinajstić information content (AvgIpc) is 3.47. The second-order valence-corrected chi connectivity index (χ2v) is 9.36. The largest absolute Gasteiger partial charge is 0.493 e. The quantitative estimate of drug-likeness (QED) is 0.233. The van der Waals surface area contributed by atoms with Crippen LogP contribution in [0.1, 0.15) is 35.4 Å². The number of para-hydroxylation sites is 1. The maximum Gasteiger partial charge on any atom is 0.203 e. The molecule has 1 unspecified atom stereocenters. The third-order valence-corrected chi connectivity index (χ3v) is 7.27. The van der Waals surface area contributed by atoms with E-state index in [1.165, 1.54) is 29.2 Å². The Bertz CT molecular complexity index is 1340. The van der Waals surface area contributed by atoms with E-state index in [0.29, 0.717) is 23.9 Å². The molecule has 1 fully saturated rings. The molecule has 0 N–H and O–H groups in total. The molecule has 192 valence electrons. The smallest absolute Gasteiger partial charge is 0.203 e. The fourth-order valence-electron chi connectivity index (χ4n) is 5.50. The van der Waals surface area contributed by atoms with Crippen molar-refractivity contribution in [2.24, 2.45) is 0 Å². The lowest BCUT2D eigenvalue weighted by Gasteiger charge is -2.26. The summed E-state index contributed by atoms with van der Waals surface area (Å²) in [5.41, 5.74) is 3.26. The van der Waals surface area contributed by atoms with Gasteiger partial charge < -0.3 is 18.9 Å². The minimum absolute atomic E-state index is 0.149. The van der Waals surface area contributed by atoms with E-state index in [2.05, 4.69) is 71.6 Å². The first-order valence-corrected chi connectivity index (χ1v) is 13.0. The Morgan fingerprint density at radius 1 is 0.649 bits per heavy atom. The normalized spacial score (nSPS) is 14.5. The lowest BCUT2D eigenvalue weighted by molar-refractivity contribution is 0.236. The molecule has 4 aromatic carbocycles. The number of nitrogens with zero attached hydrogens (tertiary/aromatic N) is 1. The van der Waals surface area contributed by atoms with Crippen molar-refractivity contribution in [1.82, 2.24) is 4.90 Å². The van der Waals surface area contributed by atoms with Crippen LogP contribution in [0.25, 0.3) is 10.8 Å². The topological polar surface area (TPSA) is 40.2 Å². The van der Waals surface area contributed by atoms with Crippen LogP contribution in [-0.4, -0.2) is 52.5 Å². The van der Waals surface area contributed by atoms with Gasteiger partial charge in [0.1, 0.15) is 12.4 Å². The number of fused-ring (bicyclic) bond motifs is 1. The molecule has 0 spiro atoms. The van der Waals surface area contributed by atoms with Crippen LogP contribution in [0.15, 0.2) is 78.9 Å². The van der Waals surface area contributed by atoms with Gasteiger partial charge in [-0.2, -0.15) is 0 Å². The fraction of sp³-hybridized carbons (Fsp3) is 0.312. The summed E-state index contributed by atoms with van der Waals surface area (Å²) >= 11 is 0. The third-order valence-electron chi connectivity index (χ3n) is 7.27. The molecule has 1 aliphatic rings. The molecule has 5 heteroatoms. The van der Waals surface area contributed by atoms with Crippen molar-refractivity contribution >= 4 is 10.8 Å². The molecule has 1 atom stereocenters. The molecule has 5 nitrogen and oxygen atoms in total. The van der Waals surface area contributed by atoms with Gasteiger partial charge in [-0.15, -0.1) is 0 Å². The Morgan fingerprint density at radius 2 is 1.35 bits per heavy atom. The minimum atomic E-state index is -0.149. The Labute approximate surface area is 219 Å². The van der Waals surface area contributed by atoms with E-state index in [1.54, 1.807) is 21.3 Å². The highest BCUT2D eigenvalue weighted by molar-refractivity contribution is 5.87. The van der Waals surface area contributed by atoms with Crippen LogP contribution in [-0.2, 0) is 0 Å². The average molecular weight is 498 g/mol. The van der Waals surface area contributed by atoms with Crippen molar-refractivity contribution in [2.45, 2.75) is 18.8 Å². The van der Waals surface area contributed by atoms with Crippen LogP contribution in [0.4, 0.5) is 0 Å². The number of rotatable bonds is 10. The molecule has 0 radical (unpaired) electrons. The van der Waals surface area contributed by atoms with Crippen molar-refractivity contribution in [3.8, 4) is 23.0 Å². The van der Waals surface area contributed by atoms with E-state index >= 15 is 0 Å². The van der Waals surface area contributed by atoms with Gasteiger partial charge in [-0.05, 0) is 54.4 Å². The Kier molecular flexibility index (Phi) is 7.81. The number of hydrogen-bond acceptors (Lipinski definition) is 5. The summed E-state index contributed by atoms with van der Waals surface area (Å²) in [6.07, 6.45) is 2.55. The van der Waals surface area contributed by atoms with Gasteiger partial charge in [0.15, 0.2) is 11.5 Å². The summed E-state index contributed by atoms with van der Waals surface area (Å²) in [5, 5.41) is 2.38. The van der Waals surface area contributed by atoms with Gasteiger partial charge in [-0.1, -0.05) is 66.7 Å². The first-order valence-electron chi connectivity index (χ1n) is 13.0. The zero-order valence-electron chi connectivity index (χ0n) is 21.9. The van der Waals surface area contributed by atoms with Crippen LogP contribution in [0.3, 0.4) is 0 Å². The summed E-state index contributed by atoms with van der Waals surface area (Å²) in [6.45, 7) is 3.91. The highest BCUT2D eigenvalue weighted by Crippen LogP contribution is 2.48. The number of ether oxygens (including phenoxy) is 4. The van der Waals surface area contributed by atoms with Gasteiger partial charge in [-0.25, -0.2) is 0 Å². The summed E-state index contributed by atoms with van der Waals surface area (Å²) in [7, 11) is 4.97. The van der Waals surface area contributed by atoms with E-state index in [1.807, 2.05) is 12.1 Å². The summed E-state index contributed by atoms with van der Waals surface area (Å²) in [5.74, 6) is 2.61. The Balaban J connectivity index is 1.66. The molecular formula is C32H35NO4. The van der Waals surface area contributed by atoms with Gasteiger partial charge in [0.25, 0.3) is 0 Å². The molecule has 5 rings (SSSR count). The van der Waals surface area contributed by atoms with Gasteiger partial charge in [0, 0.05) is 23.6 Å². The standard InChI is InChI=1S/C32H35NO4/c1-34-29-18-17-27(31(35-2)32(29)36-3)30(25-15-10-12-23-11-4-5-13-24(23)25)26-14-6-7-16-28(26)37-22-21-33-19-8-9-20-33/h4-7,10-18,30H,8-9,19-22H2,1-3H3. The Morgan fingerprint density at radius 3 is 2.14 bits per heavy atom. The molecule has 0 saturated carbocycles. The first-order chi connectivity index (χ1) is 18.2. The zero-order valence-corrected chi connectivity index (χ0v) is 21.9. The molecule has 1 heterocycles. The SMILES string of the molecule is COc1ccc(C(c2ccccc2OCCN2CCCC2)c2cccc3ccccc23)c(OC)c1OC. The van der Waals surface area contributed by atoms with Crippen molar-refractivity contribution < 1.29 is 18.9 Å². The first kappa shape index (κ1) is 25.0. The minimum Gasteiger partial charge on any atom is -0.493 e. The van der Waals surface area contributed by atoms with E-state index in [9.17, 15) is 0 Å². The van der Waals surface area contributed by atoms with E-state index in [-0.39, 0.29) is 5.92 Å². The van der Waals surface area contributed by atoms with Crippen LogP contribution in [0.2, 0.25) is 0 Å². The van der Waals surface area contributed by atoms with Crippen LogP contribution in [0.5, 0.6) is 23.0 Å². The lowest BCUT2D eigenvalue weighted by atomic mass is 9.81. The third kappa shape index (κ3) is 5.09. The monoisotopic (exact) mass is 497 g/mol. The number of likely N-dealkylation sites (tertiary alicyclic amines) is 1. The second-order valence-electron chi connectivity index (χ2n) is 9.36. The molecule has 4 aromatic rings. The van der Waals surface area contributed by atoms with Crippen LogP contribution in [0, 0.1) is 0 Å².